The highest BCUT2D eigenvalue weighted by Crippen LogP contribution is 2.48. The third kappa shape index (κ3) is 4.52. The van der Waals surface area contributed by atoms with E-state index in [4.69, 9.17) is 4.74 Å². The van der Waals surface area contributed by atoms with Crippen molar-refractivity contribution in [3.05, 3.63) is 0 Å². The van der Waals surface area contributed by atoms with Crippen LogP contribution in [-0.4, -0.2) is 45.7 Å². The molecule has 108 valence electrons. The Morgan fingerprint density at radius 1 is 1.28 bits per heavy atom. The molecule has 1 N–H and O–H groups in total. The normalized spacial score (nSPS) is 18.9. The van der Waals surface area contributed by atoms with E-state index in [2.05, 4.69) is 5.32 Å². The van der Waals surface area contributed by atoms with Crippen LogP contribution in [0.1, 0.15) is 40.0 Å². The molecule has 4 nitrogen and oxygen atoms in total. The summed E-state index contributed by atoms with van der Waals surface area (Å²) in [4.78, 5) is 0. The van der Waals surface area contributed by atoms with Crippen LogP contribution >= 0.6 is 0 Å². The van der Waals surface area contributed by atoms with Crippen LogP contribution in [0.15, 0.2) is 0 Å². The van der Waals surface area contributed by atoms with Crippen LogP contribution in [0, 0.1) is 5.41 Å². The molecule has 1 saturated carbocycles. The van der Waals surface area contributed by atoms with Gasteiger partial charge in [0.05, 0.1) is 10.5 Å². The summed E-state index contributed by atoms with van der Waals surface area (Å²) in [5, 5.41) is 3.29. The van der Waals surface area contributed by atoms with E-state index in [0.29, 0.717) is 12.0 Å². The number of ether oxygens (including phenoxy) is 1. The smallest absolute Gasteiger partial charge is 0.156 e. The first-order valence-electron chi connectivity index (χ1n) is 6.64. The molecular weight excluding hydrogens is 250 g/mol. The van der Waals surface area contributed by atoms with Crippen LogP contribution in [0.3, 0.4) is 0 Å². The molecule has 0 radical (unpaired) electrons. The lowest BCUT2D eigenvalue weighted by atomic mass is 10.0. The fourth-order valence-electron chi connectivity index (χ4n) is 1.88. The molecule has 18 heavy (non-hydrogen) atoms. The minimum atomic E-state index is -3.00. The van der Waals surface area contributed by atoms with Crippen LogP contribution in [-0.2, 0) is 14.6 Å². The molecule has 0 atom stereocenters. The Morgan fingerprint density at radius 3 is 2.33 bits per heavy atom. The van der Waals surface area contributed by atoms with Crippen molar-refractivity contribution in [3.8, 4) is 0 Å². The Hall–Kier alpha value is -0.130. The van der Waals surface area contributed by atoms with E-state index in [-0.39, 0.29) is 5.75 Å². The Labute approximate surface area is 111 Å². The minimum absolute atomic E-state index is 0.219. The topological polar surface area (TPSA) is 55.4 Å². The van der Waals surface area contributed by atoms with E-state index in [1.807, 2.05) is 0 Å². The summed E-state index contributed by atoms with van der Waals surface area (Å²) in [6.45, 7) is 7.52. The van der Waals surface area contributed by atoms with Gasteiger partial charge in [0, 0.05) is 26.8 Å². The lowest BCUT2D eigenvalue weighted by molar-refractivity contribution is 0.171. The quantitative estimate of drug-likeness (QED) is 0.685. The molecule has 1 aliphatic rings. The maximum atomic E-state index is 11.9. The summed E-state index contributed by atoms with van der Waals surface area (Å²) in [7, 11) is -1.28. The van der Waals surface area contributed by atoms with Crippen molar-refractivity contribution in [2.75, 3.05) is 32.6 Å². The molecule has 5 heteroatoms. The molecule has 0 aromatic heterocycles. The van der Waals surface area contributed by atoms with Crippen molar-refractivity contribution in [1.29, 1.82) is 0 Å². The van der Waals surface area contributed by atoms with Gasteiger partial charge in [0.2, 0.25) is 0 Å². The van der Waals surface area contributed by atoms with E-state index < -0.39 is 14.6 Å². The molecule has 0 unspecified atom stereocenters. The molecular formula is C13H27NO3S. The second-order valence-corrected chi connectivity index (χ2v) is 9.21. The lowest BCUT2D eigenvalue weighted by Crippen LogP contribution is -2.36. The fourth-order valence-corrected chi connectivity index (χ4v) is 2.90. The summed E-state index contributed by atoms with van der Waals surface area (Å²) in [6, 6.07) is 0. The van der Waals surface area contributed by atoms with Crippen LogP contribution in [0.25, 0.3) is 0 Å². The fraction of sp³-hybridized carbons (Fsp3) is 1.00. The van der Waals surface area contributed by atoms with E-state index >= 15 is 0 Å². The number of sulfone groups is 1. The van der Waals surface area contributed by atoms with Gasteiger partial charge in [-0.3, -0.25) is 0 Å². The van der Waals surface area contributed by atoms with Crippen LogP contribution in [0.4, 0.5) is 0 Å². The summed E-state index contributed by atoms with van der Waals surface area (Å²) >= 11 is 0. The average molecular weight is 277 g/mol. The maximum absolute atomic E-state index is 11.9. The van der Waals surface area contributed by atoms with Crippen molar-refractivity contribution < 1.29 is 13.2 Å². The zero-order valence-corrected chi connectivity index (χ0v) is 12.9. The van der Waals surface area contributed by atoms with Gasteiger partial charge >= 0.3 is 0 Å². The Bertz CT molecular complexity index is 353. The van der Waals surface area contributed by atoms with Crippen molar-refractivity contribution >= 4 is 9.84 Å². The first kappa shape index (κ1) is 15.9. The predicted molar refractivity (Wildman–Crippen MR) is 74.6 cm³/mol. The van der Waals surface area contributed by atoms with E-state index in [1.54, 1.807) is 27.9 Å². The highest BCUT2D eigenvalue weighted by molar-refractivity contribution is 7.92. The third-order valence-corrected chi connectivity index (χ3v) is 6.38. The number of hydrogen-bond donors (Lipinski definition) is 1. The number of methoxy groups -OCH3 is 1. The van der Waals surface area contributed by atoms with Crippen LogP contribution < -0.4 is 5.32 Å². The van der Waals surface area contributed by atoms with Gasteiger partial charge in [-0.2, -0.15) is 0 Å². The number of rotatable bonds is 8. The van der Waals surface area contributed by atoms with Gasteiger partial charge in [-0.1, -0.05) is 0 Å². The zero-order valence-electron chi connectivity index (χ0n) is 12.1. The average Bonchev–Trinajstić information content (AvgIpc) is 3.01. The van der Waals surface area contributed by atoms with Crippen LogP contribution in [0.2, 0.25) is 0 Å². The Kier molecular flexibility index (Phi) is 5.21. The summed E-state index contributed by atoms with van der Waals surface area (Å²) in [5.41, 5.74) is 0.376. The first-order valence-corrected chi connectivity index (χ1v) is 8.30. The van der Waals surface area contributed by atoms with Crippen molar-refractivity contribution in [2.45, 2.75) is 44.8 Å². The minimum Gasteiger partial charge on any atom is -0.385 e. The molecule has 0 aromatic rings. The van der Waals surface area contributed by atoms with Gasteiger partial charge in [0.25, 0.3) is 0 Å². The summed E-state index contributed by atoms with van der Waals surface area (Å²) in [6.07, 6.45) is 3.54. The van der Waals surface area contributed by atoms with Gasteiger partial charge in [-0.05, 0) is 45.4 Å². The second-order valence-electron chi connectivity index (χ2n) is 6.35. The molecule has 0 heterocycles. The molecule has 0 amide bonds. The van der Waals surface area contributed by atoms with Crippen molar-refractivity contribution in [2.24, 2.45) is 5.41 Å². The summed E-state index contributed by atoms with van der Waals surface area (Å²) < 4.78 is 28.3. The van der Waals surface area contributed by atoms with Crippen LogP contribution in [0.5, 0.6) is 0 Å². The molecule has 1 rings (SSSR count). The van der Waals surface area contributed by atoms with Crippen molar-refractivity contribution in [3.63, 3.8) is 0 Å². The van der Waals surface area contributed by atoms with Gasteiger partial charge in [-0.25, -0.2) is 8.42 Å². The standard InChI is InChI=1S/C13H27NO3S/c1-12(2,3)18(15,16)10-8-14-11-13(5-6-13)7-9-17-4/h14H,5-11H2,1-4H3. The molecule has 0 saturated heterocycles. The zero-order chi connectivity index (χ0) is 13.9. The van der Waals surface area contributed by atoms with E-state index in [1.165, 1.54) is 12.8 Å². The summed E-state index contributed by atoms with van der Waals surface area (Å²) in [5.74, 6) is 0.219. The largest absolute Gasteiger partial charge is 0.385 e. The molecule has 0 spiro atoms. The van der Waals surface area contributed by atoms with Gasteiger partial charge in [0.1, 0.15) is 0 Å². The first-order chi connectivity index (χ1) is 8.22. The highest BCUT2D eigenvalue weighted by atomic mass is 32.2. The second kappa shape index (κ2) is 5.88. The molecule has 0 aliphatic heterocycles. The maximum Gasteiger partial charge on any atom is 0.156 e. The molecule has 1 aliphatic carbocycles. The van der Waals surface area contributed by atoms with Crippen molar-refractivity contribution in [1.82, 2.24) is 5.32 Å². The molecule has 0 aromatic carbocycles. The lowest BCUT2D eigenvalue weighted by Gasteiger charge is -2.20. The molecule has 0 bridgehead atoms. The highest BCUT2D eigenvalue weighted by Gasteiger charge is 2.41. The monoisotopic (exact) mass is 277 g/mol. The number of nitrogens with one attached hydrogen (secondary N) is 1. The van der Waals surface area contributed by atoms with E-state index in [0.717, 1.165) is 19.6 Å². The van der Waals surface area contributed by atoms with Gasteiger partial charge in [0.15, 0.2) is 9.84 Å². The molecule has 1 fully saturated rings. The predicted octanol–water partition coefficient (Wildman–Crippen LogP) is 1.61. The SMILES string of the molecule is COCCC1(CNCCS(=O)(=O)C(C)(C)C)CC1. The van der Waals surface area contributed by atoms with E-state index in [9.17, 15) is 8.42 Å². The Balaban J connectivity index is 2.24. The third-order valence-electron chi connectivity index (χ3n) is 3.77. The number of hydrogen-bond acceptors (Lipinski definition) is 4. The van der Waals surface area contributed by atoms with Gasteiger partial charge < -0.3 is 10.1 Å². The van der Waals surface area contributed by atoms with Gasteiger partial charge in [-0.15, -0.1) is 0 Å². The Morgan fingerprint density at radius 2 is 1.89 bits per heavy atom.